The van der Waals surface area contributed by atoms with Crippen LogP contribution in [0.2, 0.25) is 0 Å². The van der Waals surface area contributed by atoms with E-state index in [1.807, 2.05) is 11.8 Å². The van der Waals surface area contributed by atoms with Crippen molar-refractivity contribution in [3.05, 3.63) is 0 Å². The SMILES string of the molecule is CC(NC(=O)NC1CCSCC1)(C(=O)O)C1CC1. The minimum atomic E-state index is -1.12. The van der Waals surface area contributed by atoms with Crippen LogP contribution in [0.15, 0.2) is 0 Å². The normalized spacial score (nSPS) is 24.1. The molecule has 102 valence electrons. The van der Waals surface area contributed by atoms with Crippen LogP contribution in [0.3, 0.4) is 0 Å². The number of carboxylic acid groups (broad SMARTS) is 1. The first-order valence-corrected chi connectivity index (χ1v) is 7.57. The molecule has 0 bridgehead atoms. The Balaban J connectivity index is 1.86. The van der Waals surface area contributed by atoms with Crippen molar-refractivity contribution in [1.29, 1.82) is 0 Å². The lowest BCUT2D eigenvalue weighted by atomic mass is 9.96. The number of aliphatic carboxylic acids is 1. The van der Waals surface area contributed by atoms with Crippen LogP contribution >= 0.6 is 11.8 Å². The van der Waals surface area contributed by atoms with E-state index in [2.05, 4.69) is 10.6 Å². The molecule has 1 saturated carbocycles. The summed E-state index contributed by atoms with van der Waals surface area (Å²) in [6, 6.07) is -0.160. The number of urea groups is 1. The highest BCUT2D eigenvalue weighted by Gasteiger charge is 2.48. The van der Waals surface area contributed by atoms with Gasteiger partial charge in [-0.15, -0.1) is 0 Å². The molecule has 5 nitrogen and oxygen atoms in total. The second kappa shape index (κ2) is 5.38. The first-order chi connectivity index (χ1) is 8.52. The topological polar surface area (TPSA) is 78.4 Å². The van der Waals surface area contributed by atoms with E-state index >= 15 is 0 Å². The van der Waals surface area contributed by atoms with E-state index in [0.29, 0.717) is 0 Å². The number of carbonyl (C=O) groups excluding carboxylic acids is 1. The fraction of sp³-hybridized carbons (Fsp3) is 0.833. The fourth-order valence-electron chi connectivity index (χ4n) is 2.29. The van der Waals surface area contributed by atoms with Crippen molar-refractivity contribution in [3.8, 4) is 0 Å². The second-order valence-corrected chi connectivity index (χ2v) is 6.49. The van der Waals surface area contributed by atoms with Gasteiger partial charge < -0.3 is 15.7 Å². The Morgan fingerprint density at radius 3 is 2.33 bits per heavy atom. The lowest BCUT2D eigenvalue weighted by molar-refractivity contribution is -0.144. The molecule has 1 aliphatic carbocycles. The zero-order chi connectivity index (χ0) is 13.2. The third-order valence-electron chi connectivity index (χ3n) is 3.77. The number of carboxylic acids is 1. The van der Waals surface area contributed by atoms with Crippen LogP contribution in [0, 0.1) is 5.92 Å². The standard InChI is InChI=1S/C12H20N2O3S/c1-12(10(15)16,8-2-3-8)14-11(17)13-9-4-6-18-7-5-9/h8-9H,2-7H2,1H3,(H,15,16)(H2,13,14,17). The zero-order valence-corrected chi connectivity index (χ0v) is 11.4. The van der Waals surface area contributed by atoms with E-state index < -0.39 is 11.5 Å². The maximum atomic E-state index is 11.9. The Hall–Kier alpha value is -0.910. The maximum absolute atomic E-state index is 11.9. The van der Waals surface area contributed by atoms with Gasteiger partial charge in [-0.2, -0.15) is 11.8 Å². The van der Waals surface area contributed by atoms with Gasteiger partial charge in [-0.3, -0.25) is 0 Å². The van der Waals surface area contributed by atoms with Gasteiger partial charge in [0.05, 0.1) is 0 Å². The van der Waals surface area contributed by atoms with Gasteiger partial charge in [0.2, 0.25) is 0 Å². The molecule has 6 heteroatoms. The molecule has 0 aromatic carbocycles. The number of hydrogen-bond donors (Lipinski definition) is 3. The largest absolute Gasteiger partial charge is 0.480 e. The Morgan fingerprint density at radius 1 is 1.22 bits per heavy atom. The van der Waals surface area contributed by atoms with Crippen molar-refractivity contribution < 1.29 is 14.7 Å². The molecule has 2 rings (SSSR count). The molecular formula is C12H20N2O3S. The Bertz CT molecular complexity index is 340. The summed E-state index contributed by atoms with van der Waals surface area (Å²) in [5.41, 5.74) is -1.12. The molecule has 2 amide bonds. The fourth-order valence-corrected chi connectivity index (χ4v) is 3.40. The highest BCUT2D eigenvalue weighted by molar-refractivity contribution is 7.99. The summed E-state index contributed by atoms with van der Waals surface area (Å²) in [7, 11) is 0. The first kappa shape index (κ1) is 13.5. The van der Waals surface area contributed by atoms with E-state index in [1.54, 1.807) is 6.92 Å². The van der Waals surface area contributed by atoms with Crippen LogP contribution in [0.5, 0.6) is 0 Å². The third kappa shape index (κ3) is 3.10. The van der Waals surface area contributed by atoms with Crippen molar-refractivity contribution in [2.24, 2.45) is 5.92 Å². The van der Waals surface area contributed by atoms with Gasteiger partial charge in [-0.05, 0) is 50.0 Å². The molecule has 2 aliphatic rings. The van der Waals surface area contributed by atoms with Gasteiger partial charge in [-0.1, -0.05) is 0 Å². The van der Waals surface area contributed by atoms with Gasteiger partial charge in [0.15, 0.2) is 0 Å². The number of hydrogen-bond acceptors (Lipinski definition) is 3. The lowest BCUT2D eigenvalue weighted by Gasteiger charge is -2.29. The van der Waals surface area contributed by atoms with Crippen LogP contribution in [0.1, 0.15) is 32.6 Å². The summed E-state index contributed by atoms with van der Waals surface area (Å²) >= 11 is 1.89. The highest BCUT2D eigenvalue weighted by atomic mass is 32.2. The van der Waals surface area contributed by atoms with Crippen LogP contribution in [0.25, 0.3) is 0 Å². The predicted molar refractivity (Wildman–Crippen MR) is 70.8 cm³/mol. The van der Waals surface area contributed by atoms with E-state index in [1.165, 1.54) is 0 Å². The van der Waals surface area contributed by atoms with Crippen molar-refractivity contribution in [2.75, 3.05) is 11.5 Å². The summed E-state index contributed by atoms with van der Waals surface area (Å²) in [4.78, 5) is 23.2. The average molecular weight is 272 g/mol. The Kier molecular flexibility index (Phi) is 4.04. The van der Waals surface area contributed by atoms with Crippen LogP contribution in [-0.4, -0.2) is 40.2 Å². The van der Waals surface area contributed by atoms with Crippen LogP contribution < -0.4 is 10.6 Å². The highest BCUT2D eigenvalue weighted by Crippen LogP contribution is 2.39. The second-order valence-electron chi connectivity index (χ2n) is 5.27. The monoisotopic (exact) mass is 272 g/mol. The minimum absolute atomic E-state index is 0.0719. The van der Waals surface area contributed by atoms with Crippen LogP contribution in [-0.2, 0) is 4.79 Å². The number of carbonyl (C=O) groups is 2. The quantitative estimate of drug-likeness (QED) is 0.723. The Morgan fingerprint density at radius 2 is 1.83 bits per heavy atom. The van der Waals surface area contributed by atoms with E-state index in [9.17, 15) is 14.7 Å². The third-order valence-corrected chi connectivity index (χ3v) is 4.82. The molecule has 0 spiro atoms. The molecule has 18 heavy (non-hydrogen) atoms. The van der Waals surface area contributed by atoms with Crippen molar-refractivity contribution in [3.63, 3.8) is 0 Å². The van der Waals surface area contributed by atoms with Gasteiger partial charge >= 0.3 is 12.0 Å². The smallest absolute Gasteiger partial charge is 0.329 e. The van der Waals surface area contributed by atoms with Crippen molar-refractivity contribution in [2.45, 2.75) is 44.2 Å². The molecule has 1 aliphatic heterocycles. The van der Waals surface area contributed by atoms with Gasteiger partial charge in [0.1, 0.15) is 5.54 Å². The predicted octanol–water partition coefficient (Wildman–Crippen LogP) is 1.43. The molecular weight excluding hydrogens is 252 g/mol. The number of nitrogens with one attached hydrogen (secondary N) is 2. The summed E-state index contributed by atoms with van der Waals surface area (Å²) < 4.78 is 0. The molecule has 1 unspecified atom stereocenters. The summed E-state index contributed by atoms with van der Waals surface area (Å²) in [5, 5.41) is 14.8. The Labute approximate surface area is 111 Å². The summed E-state index contributed by atoms with van der Waals surface area (Å²) in [5.74, 6) is 1.25. The number of thioether (sulfide) groups is 1. The van der Waals surface area contributed by atoms with E-state index in [0.717, 1.165) is 37.2 Å². The summed E-state index contributed by atoms with van der Waals surface area (Å²) in [6.45, 7) is 1.60. The molecule has 0 radical (unpaired) electrons. The number of amides is 2. The van der Waals surface area contributed by atoms with E-state index in [4.69, 9.17) is 0 Å². The summed E-state index contributed by atoms with van der Waals surface area (Å²) in [6.07, 6.45) is 3.68. The molecule has 0 aromatic rings. The molecule has 1 heterocycles. The zero-order valence-electron chi connectivity index (χ0n) is 10.6. The van der Waals surface area contributed by atoms with E-state index in [-0.39, 0.29) is 18.0 Å². The lowest BCUT2D eigenvalue weighted by Crippen LogP contribution is -2.58. The minimum Gasteiger partial charge on any atom is -0.480 e. The molecule has 0 aromatic heterocycles. The first-order valence-electron chi connectivity index (χ1n) is 6.42. The van der Waals surface area contributed by atoms with Crippen LogP contribution in [0.4, 0.5) is 4.79 Å². The van der Waals surface area contributed by atoms with Gasteiger partial charge in [-0.25, -0.2) is 9.59 Å². The molecule has 1 saturated heterocycles. The average Bonchev–Trinajstić information content (AvgIpc) is 3.13. The molecule has 3 N–H and O–H groups in total. The van der Waals surface area contributed by atoms with Gasteiger partial charge in [0.25, 0.3) is 0 Å². The number of rotatable bonds is 4. The molecule has 1 atom stereocenters. The molecule has 2 fully saturated rings. The maximum Gasteiger partial charge on any atom is 0.329 e. The van der Waals surface area contributed by atoms with Gasteiger partial charge in [0, 0.05) is 6.04 Å². The van der Waals surface area contributed by atoms with Crippen molar-refractivity contribution >= 4 is 23.8 Å². The van der Waals surface area contributed by atoms with Crippen molar-refractivity contribution in [1.82, 2.24) is 10.6 Å².